The van der Waals surface area contributed by atoms with Crippen LogP contribution in [0.2, 0.25) is 0 Å². The van der Waals surface area contributed by atoms with Gasteiger partial charge in [0, 0.05) is 13.1 Å². The third-order valence-electron chi connectivity index (χ3n) is 2.06. The lowest BCUT2D eigenvalue weighted by Gasteiger charge is -2.19. The monoisotopic (exact) mass is 214 g/mol. The van der Waals surface area contributed by atoms with Gasteiger partial charge in [0.05, 0.1) is 6.61 Å². The van der Waals surface area contributed by atoms with Crippen LogP contribution in [-0.4, -0.2) is 43.1 Å². The number of hydrogen-bond donors (Lipinski definition) is 1. The first-order valence-electron chi connectivity index (χ1n) is 5.28. The van der Waals surface area contributed by atoms with Gasteiger partial charge in [-0.05, 0) is 12.3 Å². The number of carbonyl (C=O) groups is 2. The van der Waals surface area contributed by atoms with E-state index < -0.39 is 0 Å². The van der Waals surface area contributed by atoms with E-state index in [2.05, 4.69) is 5.32 Å². The zero-order valence-electron chi connectivity index (χ0n) is 9.28. The number of ether oxygens (including phenoxy) is 1. The molecule has 0 unspecified atom stereocenters. The maximum atomic E-state index is 11.5. The van der Waals surface area contributed by atoms with Crippen LogP contribution in [0, 0.1) is 5.92 Å². The lowest BCUT2D eigenvalue weighted by Crippen LogP contribution is -2.38. The molecule has 0 atom stereocenters. The highest BCUT2D eigenvalue weighted by atomic mass is 16.6. The maximum Gasteiger partial charge on any atom is 0.410 e. The summed E-state index contributed by atoms with van der Waals surface area (Å²) in [5, 5.41) is 2.71. The molecule has 1 fully saturated rings. The molecule has 0 spiro atoms. The third kappa shape index (κ3) is 4.18. The quantitative estimate of drug-likeness (QED) is 0.732. The van der Waals surface area contributed by atoms with E-state index >= 15 is 0 Å². The summed E-state index contributed by atoms with van der Waals surface area (Å²) < 4.78 is 5.05. The Morgan fingerprint density at radius 1 is 1.60 bits per heavy atom. The molecule has 15 heavy (non-hydrogen) atoms. The second-order valence-electron chi connectivity index (χ2n) is 4.10. The molecular weight excluding hydrogens is 196 g/mol. The van der Waals surface area contributed by atoms with Crippen molar-refractivity contribution in [3.05, 3.63) is 0 Å². The van der Waals surface area contributed by atoms with Crippen molar-refractivity contribution in [3.63, 3.8) is 0 Å². The van der Waals surface area contributed by atoms with Gasteiger partial charge in [0.15, 0.2) is 0 Å². The van der Waals surface area contributed by atoms with Crippen molar-refractivity contribution < 1.29 is 14.3 Å². The molecule has 1 aliphatic heterocycles. The molecule has 1 heterocycles. The minimum Gasteiger partial charge on any atom is -0.449 e. The molecule has 0 radical (unpaired) electrons. The number of rotatable bonds is 2. The zero-order valence-corrected chi connectivity index (χ0v) is 9.28. The average molecular weight is 214 g/mol. The lowest BCUT2D eigenvalue weighted by molar-refractivity contribution is -0.121. The Labute approximate surface area is 89.8 Å². The van der Waals surface area contributed by atoms with Gasteiger partial charge in [-0.2, -0.15) is 0 Å². The van der Waals surface area contributed by atoms with Crippen molar-refractivity contribution in [2.75, 3.05) is 26.2 Å². The van der Waals surface area contributed by atoms with Crippen LogP contribution in [0.5, 0.6) is 0 Å². The van der Waals surface area contributed by atoms with Crippen LogP contribution < -0.4 is 5.32 Å². The summed E-state index contributed by atoms with van der Waals surface area (Å²) in [5.74, 6) is 0.198. The van der Waals surface area contributed by atoms with Crippen molar-refractivity contribution in [3.8, 4) is 0 Å². The third-order valence-corrected chi connectivity index (χ3v) is 2.06. The molecule has 1 N–H and O–H groups in total. The molecule has 5 nitrogen and oxygen atoms in total. The van der Waals surface area contributed by atoms with Gasteiger partial charge in [-0.25, -0.2) is 4.79 Å². The minimum atomic E-state index is -0.388. The highest BCUT2D eigenvalue weighted by Gasteiger charge is 2.20. The van der Waals surface area contributed by atoms with Crippen LogP contribution in [0.15, 0.2) is 0 Å². The smallest absolute Gasteiger partial charge is 0.410 e. The SMILES string of the molecule is CC(C)COC(=O)N1CCCNC(=O)C1. The van der Waals surface area contributed by atoms with Gasteiger partial charge in [-0.3, -0.25) is 9.69 Å². The standard InChI is InChI=1S/C10H18N2O3/c1-8(2)7-15-10(14)12-5-3-4-11-9(13)6-12/h8H,3-7H2,1-2H3,(H,11,13). The van der Waals surface area contributed by atoms with E-state index in [4.69, 9.17) is 4.74 Å². The maximum absolute atomic E-state index is 11.5. The molecule has 2 amide bonds. The predicted octanol–water partition coefficient (Wildman–Crippen LogP) is 0.601. The number of amides is 2. The van der Waals surface area contributed by atoms with Crippen LogP contribution in [0.1, 0.15) is 20.3 Å². The highest BCUT2D eigenvalue weighted by molar-refractivity contribution is 5.82. The molecular formula is C10H18N2O3. The first-order chi connectivity index (χ1) is 7.09. The molecule has 5 heteroatoms. The van der Waals surface area contributed by atoms with Crippen LogP contribution in [0.3, 0.4) is 0 Å². The zero-order chi connectivity index (χ0) is 11.3. The van der Waals surface area contributed by atoms with Gasteiger partial charge >= 0.3 is 6.09 Å². The van der Waals surface area contributed by atoms with Gasteiger partial charge in [0.25, 0.3) is 0 Å². The van der Waals surface area contributed by atoms with Crippen molar-refractivity contribution in [1.82, 2.24) is 10.2 Å². The normalized spacial score (nSPS) is 17.3. The van der Waals surface area contributed by atoms with Gasteiger partial charge in [-0.15, -0.1) is 0 Å². The van der Waals surface area contributed by atoms with Crippen molar-refractivity contribution in [2.45, 2.75) is 20.3 Å². The Balaban J connectivity index is 2.39. The summed E-state index contributed by atoms with van der Waals surface area (Å²) in [6.45, 7) is 5.67. The van der Waals surface area contributed by atoms with Crippen molar-refractivity contribution >= 4 is 12.0 Å². The molecule has 86 valence electrons. The van der Waals surface area contributed by atoms with Crippen LogP contribution in [-0.2, 0) is 9.53 Å². The molecule has 0 aromatic heterocycles. The Hall–Kier alpha value is -1.26. The first kappa shape index (κ1) is 11.8. The molecule has 0 aromatic carbocycles. The van der Waals surface area contributed by atoms with E-state index in [9.17, 15) is 9.59 Å². The largest absolute Gasteiger partial charge is 0.449 e. The number of nitrogens with zero attached hydrogens (tertiary/aromatic N) is 1. The van der Waals surface area contributed by atoms with E-state index in [1.807, 2.05) is 13.8 Å². The summed E-state index contributed by atoms with van der Waals surface area (Å²) in [7, 11) is 0. The Morgan fingerprint density at radius 2 is 2.33 bits per heavy atom. The van der Waals surface area contributed by atoms with Crippen LogP contribution in [0.4, 0.5) is 4.79 Å². The van der Waals surface area contributed by atoms with Gasteiger partial charge < -0.3 is 10.1 Å². The summed E-state index contributed by atoms with van der Waals surface area (Å²) in [6, 6.07) is 0. The topological polar surface area (TPSA) is 58.6 Å². The molecule has 1 aliphatic rings. The van der Waals surface area contributed by atoms with Gasteiger partial charge in [0.1, 0.15) is 6.54 Å². The second-order valence-corrected chi connectivity index (χ2v) is 4.10. The van der Waals surface area contributed by atoms with E-state index in [1.54, 1.807) is 0 Å². The van der Waals surface area contributed by atoms with Gasteiger partial charge in [0.2, 0.25) is 5.91 Å². The summed E-state index contributed by atoms with van der Waals surface area (Å²) >= 11 is 0. The first-order valence-corrected chi connectivity index (χ1v) is 5.28. The highest BCUT2D eigenvalue weighted by Crippen LogP contribution is 2.01. The summed E-state index contributed by atoms with van der Waals surface area (Å²) in [4.78, 5) is 24.1. The molecule has 1 rings (SSSR count). The van der Waals surface area contributed by atoms with Crippen molar-refractivity contribution in [1.29, 1.82) is 0 Å². The predicted molar refractivity (Wildman–Crippen MR) is 55.4 cm³/mol. The fraction of sp³-hybridized carbons (Fsp3) is 0.800. The fourth-order valence-corrected chi connectivity index (χ4v) is 1.29. The van der Waals surface area contributed by atoms with Crippen LogP contribution in [0.25, 0.3) is 0 Å². The molecule has 0 saturated carbocycles. The van der Waals surface area contributed by atoms with Gasteiger partial charge in [-0.1, -0.05) is 13.8 Å². The minimum absolute atomic E-state index is 0.108. The molecule has 0 bridgehead atoms. The molecule has 0 aliphatic carbocycles. The second kappa shape index (κ2) is 5.58. The Bertz CT molecular complexity index is 241. The number of hydrogen-bond acceptors (Lipinski definition) is 3. The average Bonchev–Trinajstić information content (AvgIpc) is 2.39. The Morgan fingerprint density at radius 3 is 3.00 bits per heavy atom. The van der Waals surface area contributed by atoms with Crippen molar-refractivity contribution in [2.24, 2.45) is 5.92 Å². The van der Waals surface area contributed by atoms with E-state index in [-0.39, 0.29) is 18.5 Å². The summed E-state index contributed by atoms with van der Waals surface area (Å²) in [5.41, 5.74) is 0. The fourth-order valence-electron chi connectivity index (χ4n) is 1.29. The lowest BCUT2D eigenvalue weighted by atomic mass is 10.2. The number of nitrogens with one attached hydrogen (secondary N) is 1. The molecule has 1 saturated heterocycles. The summed E-state index contributed by atoms with van der Waals surface area (Å²) in [6.07, 6.45) is 0.392. The number of carbonyl (C=O) groups excluding carboxylic acids is 2. The van der Waals surface area contributed by atoms with E-state index in [0.717, 1.165) is 6.42 Å². The van der Waals surface area contributed by atoms with E-state index in [0.29, 0.717) is 25.6 Å². The molecule has 0 aromatic rings. The Kier molecular flexibility index (Phi) is 4.39. The van der Waals surface area contributed by atoms with E-state index in [1.165, 1.54) is 4.90 Å². The van der Waals surface area contributed by atoms with Crippen LogP contribution >= 0.6 is 0 Å².